The predicted octanol–water partition coefficient (Wildman–Crippen LogP) is 1.69. The van der Waals surface area contributed by atoms with E-state index in [1.165, 1.54) is 0 Å². The van der Waals surface area contributed by atoms with Crippen LogP contribution in [-0.2, 0) is 7.05 Å². The fourth-order valence-corrected chi connectivity index (χ4v) is 2.07. The molecule has 15 heavy (non-hydrogen) atoms. The van der Waals surface area contributed by atoms with Crippen LogP contribution in [0.1, 0.15) is 0 Å². The maximum Gasteiger partial charge on any atom is 0.232 e. The minimum atomic E-state index is 0.757. The van der Waals surface area contributed by atoms with Gasteiger partial charge in [0.15, 0.2) is 0 Å². The molecule has 0 aliphatic carbocycles. The summed E-state index contributed by atoms with van der Waals surface area (Å²) in [7, 11) is 5.74. The summed E-state index contributed by atoms with van der Waals surface area (Å²) in [5.41, 5.74) is 1.12. The third-order valence-corrected chi connectivity index (χ3v) is 2.94. The zero-order valence-electron chi connectivity index (χ0n) is 8.93. The SMILES string of the molecule is CNc1nnc(N(C)c2ccsc2)n1C. The van der Waals surface area contributed by atoms with Crippen LogP contribution in [0.4, 0.5) is 17.6 Å². The number of nitrogens with zero attached hydrogens (tertiary/aromatic N) is 4. The molecule has 0 spiro atoms. The van der Waals surface area contributed by atoms with Gasteiger partial charge in [0.25, 0.3) is 0 Å². The first kappa shape index (κ1) is 9.97. The van der Waals surface area contributed by atoms with Crippen molar-refractivity contribution in [3.8, 4) is 0 Å². The molecule has 1 N–H and O–H groups in total. The molecule has 0 fully saturated rings. The predicted molar refractivity (Wildman–Crippen MR) is 62.9 cm³/mol. The van der Waals surface area contributed by atoms with E-state index in [1.54, 1.807) is 11.3 Å². The zero-order valence-corrected chi connectivity index (χ0v) is 9.75. The van der Waals surface area contributed by atoms with Crippen molar-refractivity contribution in [2.24, 2.45) is 7.05 Å². The summed E-state index contributed by atoms with van der Waals surface area (Å²) in [4.78, 5) is 2.00. The third-order valence-electron chi connectivity index (χ3n) is 2.27. The third kappa shape index (κ3) is 1.68. The van der Waals surface area contributed by atoms with Crippen LogP contribution in [0, 0.1) is 0 Å². The largest absolute Gasteiger partial charge is 0.357 e. The van der Waals surface area contributed by atoms with Crippen molar-refractivity contribution >= 4 is 28.9 Å². The van der Waals surface area contributed by atoms with Gasteiger partial charge in [0.2, 0.25) is 11.9 Å². The number of nitrogens with one attached hydrogen (secondary N) is 1. The first-order chi connectivity index (χ1) is 7.24. The van der Waals surface area contributed by atoms with Crippen molar-refractivity contribution < 1.29 is 0 Å². The van der Waals surface area contributed by atoms with Gasteiger partial charge in [-0.2, -0.15) is 11.3 Å². The van der Waals surface area contributed by atoms with Gasteiger partial charge in [0.05, 0.1) is 5.69 Å². The Kier molecular flexibility index (Phi) is 2.59. The van der Waals surface area contributed by atoms with Crippen LogP contribution in [0.25, 0.3) is 0 Å². The quantitative estimate of drug-likeness (QED) is 0.860. The molecule has 2 aromatic rings. The molecule has 0 aliphatic heterocycles. The van der Waals surface area contributed by atoms with Gasteiger partial charge in [-0.05, 0) is 11.4 Å². The fraction of sp³-hybridized carbons (Fsp3) is 0.333. The molecule has 2 heterocycles. The Morgan fingerprint density at radius 3 is 2.80 bits per heavy atom. The monoisotopic (exact) mass is 223 g/mol. The summed E-state index contributed by atoms with van der Waals surface area (Å²) in [6, 6.07) is 2.05. The number of aromatic nitrogens is 3. The lowest BCUT2D eigenvalue weighted by molar-refractivity contribution is 0.888. The van der Waals surface area contributed by atoms with Crippen molar-refractivity contribution in [1.82, 2.24) is 14.8 Å². The number of rotatable bonds is 3. The van der Waals surface area contributed by atoms with E-state index >= 15 is 0 Å². The summed E-state index contributed by atoms with van der Waals surface area (Å²) >= 11 is 1.67. The summed E-state index contributed by atoms with van der Waals surface area (Å²) in [6.45, 7) is 0. The summed E-state index contributed by atoms with van der Waals surface area (Å²) < 4.78 is 1.91. The topological polar surface area (TPSA) is 46.0 Å². The minimum Gasteiger partial charge on any atom is -0.357 e. The molecule has 5 nitrogen and oxygen atoms in total. The van der Waals surface area contributed by atoms with E-state index in [0.29, 0.717) is 0 Å². The summed E-state index contributed by atoms with van der Waals surface area (Å²) in [6.07, 6.45) is 0. The van der Waals surface area contributed by atoms with Crippen molar-refractivity contribution in [2.75, 3.05) is 24.3 Å². The highest BCUT2D eigenvalue weighted by molar-refractivity contribution is 7.08. The first-order valence-corrected chi connectivity index (χ1v) is 5.51. The van der Waals surface area contributed by atoms with E-state index in [0.717, 1.165) is 17.6 Å². The van der Waals surface area contributed by atoms with Gasteiger partial charge in [0, 0.05) is 26.5 Å². The highest BCUT2D eigenvalue weighted by Crippen LogP contribution is 2.24. The molecule has 0 radical (unpaired) electrons. The van der Waals surface area contributed by atoms with Crippen molar-refractivity contribution in [3.63, 3.8) is 0 Å². The lowest BCUT2D eigenvalue weighted by atomic mass is 10.5. The normalized spacial score (nSPS) is 10.3. The van der Waals surface area contributed by atoms with Crippen LogP contribution >= 0.6 is 11.3 Å². The molecular formula is C9H13N5S. The smallest absolute Gasteiger partial charge is 0.232 e. The van der Waals surface area contributed by atoms with E-state index in [-0.39, 0.29) is 0 Å². The lowest BCUT2D eigenvalue weighted by Crippen LogP contribution is -2.14. The van der Waals surface area contributed by atoms with E-state index < -0.39 is 0 Å². The number of thiophene rings is 1. The molecule has 2 aromatic heterocycles. The van der Waals surface area contributed by atoms with Gasteiger partial charge in [0.1, 0.15) is 0 Å². The molecule has 2 rings (SSSR count). The Bertz CT molecular complexity index is 433. The highest BCUT2D eigenvalue weighted by Gasteiger charge is 2.12. The summed E-state index contributed by atoms with van der Waals surface area (Å²) in [5.74, 6) is 1.57. The Morgan fingerprint density at radius 2 is 2.27 bits per heavy atom. The minimum absolute atomic E-state index is 0.757. The molecule has 0 saturated heterocycles. The molecule has 0 aliphatic rings. The van der Waals surface area contributed by atoms with Crippen LogP contribution in [0.5, 0.6) is 0 Å². The van der Waals surface area contributed by atoms with Crippen molar-refractivity contribution in [3.05, 3.63) is 16.8 Å². The van der Waals surface area contributed by atoms with E-state index in [2.05, 4.69) is 27.0 Å². The Balaban J connectivity index is 2.34. The lowest BCUT2D eigenvalue weighted by Gasteiger charge is -2.15. The fourth-order valence-electron chi connectivity index (χ4n) is 1.39. The standard InChI is InChI=1S/C9H13N5S/c1-10-8-11-12-9(14(8)3)13(2)7-4-5-15-6-7/h4-6H,1-3H3,(H,10,11). The maximum atomic E-state index is 4.12. The van der Waals surface area contributed by atoms with Gasteiger partial charge in [-0.15, -0.1) is 10.2 Å². The zero-order chi connectivity index (χ0) is 10.8. The van der Waals surface area contributed by atoms with Crippen LogP contribution < -0.4 is 10.2 Å². The molecule has 0 aromatic carbocycles. The molecule has 80 valence electrons. The maximum absolute atomic E-state index is 4.12. The molecule has 6 heteroatoms. The Hall–Kier alpha value is -1.56. The molecular weight excluding hydrogens is 210 g/mol. The number of anilines is 3. The Labute approximate surface area is 92.4 Å². The van der Waals surface area contributed by atoms with E-state index in [4.69, 9.17) is 0 Å². The van der Waals surface area contributed by atoms with Gasteiger partial charge in [-0.1, -0.05) is 0 Å². The van der Waals surface area contributed by atoms with Crippen LogP contribution in [-0.4, -0.2) is 28.9 Å². The highest BCUT2D eigenvalue weighted by atomic mass is 32.1. The van der Waals surface area contributed by atoms with Gasteiger partial charge < -0.3 is 10.2 Å². The average molecular weight is 223 g/mol. The second-order valence-corrected chi connectivity index (χ2v) is 3.95. The van der Waals surface area contributed by atoms with Gasteiger partial charge >= 0.3 is 0 Å². The average Bonchev–Trinajstić information content (AvgIpc) is 2.85. The first-order valence-electron chi connectivity index (χ1n) is 4.57. The summed E-state index contributed by atoms with van der Waals surface area (Å²) in [5, 5.41) is 15.3. The van der Waals surface area contributed by atoms with Crippen molar-refractivity contribution in [1.29, 1.82) is 0 Å². The van der Waals surface area contributed by atoms with Gasteiger partial charge in [-0.3, -0.25) is 4.57 Å². The number of hydrogen-bond acceptors (Lipinski definition) is 5. The van der Waals surface area contributed by atoms with Crippen LogP contribution in [0.2, 0.25) is 0 Å². The molecule has 0 saturated carbocycles. The van der Waals surface area contributed by atoms with E-state index in [1.807, 2.05) is 36.0 Å². The second-order valence-electron chi connectivity index (χ2n) is 3.17. The van der Waals surface area contributed by atoms with Crippen LogP contribution in [0.3, 0.4) is 0 Å². The van der Waals surface area contributed by atoms with Crippen LogP contribution in [0.15, 0.2) is 16.8 Å². The second kappa shape index (κ2) is 3.90. The van der Waals surface area contributed by atoms with Gasteiger partial charge in [-0.25, -0.2) is 0 Å². The molecule has 0 unspecified atom stereocenters. The van der Waals surface area contributed by atoms with Crippen molar-refractivity contribution in [2.45, 2.75) is 0 Å². The molecule has 0 atom stereocenters. The molecule has 0 bridgehead atoms. The van der Waals surface area contributed by atoms with E-state index in [9.17, 15) is 0 Å². The Morgan fingerprint density at radius 1 is 1.47 bits per heavy atom. The molecule has 0 amide bonds. The number of hydrogen-bond donors (Lipinski definition) is 1.